The van der Waals surface area contributed by atoms with Crippen LogP contribution in [0.4, 0.5) is 5.69 Å². The van der Waals surface area contributed by atoms with Crippen molar-refractivity contribution in [3.05, 3.63) is 29.3 Å². The first-order valence-electron chi connectivity index (χ1n) is 8.07. The van der Waals surface area contributed by atoms with Crippen molar-refractivity contribution in [2.45, 2.75) is 25.3 Å². The third-order valence-corrected chi connectivity index (χ3v) is 6.32. The molecule has 2 fully saturated rings. The lowest BCUT2D eigenvalue weighted by Gasteiger charge is -2.31. The molecule has 1 aliphatic carbocycles. The summed E-state index contributed by atoms with van der Waals surface area (Å²) in [6, 6.07) is 4.43. The first kappa shape index (κ1) is 17.7. The van der Waals surface area contributed by atoms with Crippen molar-refractivity contribution in [1.82, 2.24) is 9.03 Å². The van der Waals surface area contributed by atoms with Crippen LogP contribution in [0.25, 0.3) is 0 Å². The van der Waals surface area contributed by atoms with E-state index in [0.717, 1.165) is 30.1 Å². The summed E-state index contributed by atoms with van der Waals surface area (Å²) in [6.07, 6.45) is 3.16. The number of aromatic carboxylic acids is 1. The number of anilines is 1. The number of nitrogens with one attached hydrogen (secondary N) is 1. The quantitative estimate of drug-likeness (QED) is 0.801. The van der Waals surface area contributed by atoms with E-state index in [9.17, 15) is 23.1 Å². The number of carboxylic acid groups (broad SMARTS) is 1. The van der Waals surface area contributed by atoms with E-state index in [-0.39, 0.29) is 17.2 Å². The summed E-state index contributed by atoms with van der Waals surface area (Å²) in [5.74, 6) is -1.30. The fraction of sp³-hybridized carbons (Fsp3) is 0.500. The standard InChI is InChI=1S/C16H21N3O5S/c1-18(2)25(23,24)17-15(20)13-6-4-11(16(21)22)8-14(13)19-9-10-3-5-12(19)7-10/h4,6,8,10,12H,3,5,7,9H2,1-2H3,(H,17,20)(H,21,22). The molecule has 0 aromatic heterocycles. The Bertz CT molecular complexity index is 821. The molecule has 2 aliphatic rings. The van der Waals surface area contributed by atoms with Gasteiger partial charge in [-0.25, -0.2) is 9.52 Å². The average molecular weight is 367 g/mol. The van der Waals surface area contributed by atoms with E-state index in [0.29, 0.717) is 11.6 Å². The van der Waals surface area contributed by atoms with Crippen LogP contribution in [-0.4, -0.2) is 56.4 Å². The Hall–Kier alpha value is -2.13. The molecule has 8 nitrogen and oxygen atoms in total. The molecule has 1 aromatic rings. The normalized spacial score (nSPS) is 22.4. The molecule has 2 unspecified atom stereocenters. The molecule has 1 aromatic carbocycles. The van der Waals surface area contributed by atoms with Gasteiger partial charge in [-0.1, -0.05) is 0 Å². The number of benzene rings is 1. The zero-order chi connectivity index (χ0) is 18.4. The lowest BCUT2D eigenvalue weighted by atomic mass is 10.0. The number of hydrogen-bond acceptors (Lipinski definition) is 5. The number of carbonyl (C=O) groups is 2. The van der Waals surface area contributed by atoms with Crippen molar-refractivity contribution < 1.29 is 23.1 Å². The fourth-order valence-corrected chi connectivity index (χ4v) is 4.10. The molecule has 136 valence electrons. The third kappa shape index (κ3) is 3.34. The summed E-state index contributed by atoms with van der Waals surface area (Å²) in [7, 11) is -1.28. The highest BCUT2D eigenvalue weighted by atomic mass is 32.2. The zero-order valence-electron chi connectivity index (χ0n) is 14.1. The maximum atomic E-state index is 12.5. The van der Waals surface area contributed by atoms with E-state index in [2.05, 4.69) is 0 Å². The summed E-state index contributed by atoms with van der Waals surface area (Å²) in [4.78, 5) is 25.9. The molecule has 2 N–H and O–H groups in total. The Morgan fingerprint density at radius 2 is 2.00 bits per heavy atom. The Morgan fingerprint density at radius 3 is 2.52 bits per heavy atom. The number of nitrogens with zero attached hydrogens (tertiary/aromatic N) is 2. The van der Waals surface area contributed by atoms with E-state index in [1.807, 2.05) is 9.62 Å². The minimum atomic E-state index is -3.92. The summed E-state index contributed by atoms with van der Waals surface area (Å²) in [6.45, 7) is 0.758. The number of rotatable bonds is 5. The smallest absolute Gasteiger partial charge is 0.335 e. The zero-order valence-corrected chi connectivity index (χ0v) is 14.9. The van der Waals surface area contributed by atoms with E-state index >= 15 is 0 Å². The Morgan fingerprint density at radius 1 is 1.28 bits per heavy atom. The van der Waals surface area contributed by atoms with Gasteiger partial charge in [0, 0.05) is 26.7 Å². The molecule has 0 radical (unpaired) electrons. The van der Waals surface area contributed by atoms with Gasteiger partial charge in [-0.3, -0.25) is 4.79 Å². The van der Waals surface area contributed by atoms with Crippen molar-refractivity contribution in [1.29, 1.82) is 0 Å². The van der Waals surface area contributed by atoms with Gasteiger partial charge in [-0.05, 0) is 43.4 Å². The highest BCUT2D eigenvalue weighted by Crippen LogP contribution is 2.41. The number of hydrogen-bond donors (Lipinski definition) is 2. The fourth-order valence-electron chi connectivity index (χ4n) is 3.58. The van der Waals surface area contributed by atoms with Gasteiger partial charge in [0.25, 0.3) is 5.91 Å². The van der Waals surface area contributed by atoms with Crippen LogP contribution in [0.15, 0.2) is 18.2 Å². The molecule has 9 heteroatoms. The highest BCUT2D eigenvalue weighted by Gasteiger charge is 2.39. The van der Waals surface area contributed by atoms with Gasteiger partial charge in [0.1, 0.15) is 0 Å². The van der Waals surface area contributed by atoms with Crippen molar-refractivity contribution in [2.24, 2.45) is 5.92 Å². The number of fused-ring (bicyclic) bond motifs is 2. The minimum Gasteiger partial charge on any atom is -0.478 e. The lowest BCUT2D eigenvalue weighted by Crippen LogP contribution is -2.41. The van der Waals surface area contributed by atoms with Gasteiger partial charge in [-0.2, -0.15) is 12.7 Å². The van der Waals surface area contributed by atoms with E-state index in [4.69, 9.17) is 0 Å². The molecule has 2 atom stereocenters. The topological polar surface area (TPSA) is 107 Å². The Balaban J connectivity index is 1.98. The summed E-state index contributed by atoms with van der Waals surface area (Å²) >= 11 is 0. The maximum Gasteiger partial charge on any atom is 0.335 e. The Labute approximate surface area is 146 Å². The molecule has 1 saturated carbocycles. The molecule has 1 aliphatic heterocycles. The minimum absolute atomic E-state index is 0.0739. The Kier molecular flexibility index (Phi) is 4.46. The molecule has 0 spiro atoms. The molecule has 1 saturated heterocycles. The van der Waals surface area contributed by atoms with Gasteiger partial charge in [-0.15, -0.1) is 0 Å². The molecular formula is C16H21N3O5S. The summed E-state index contributed by atoms with van der Waals surface area (Å²) in [5.41, 5.74) is 0.728. The van der Waals surface area contributed by atoms with Crippen LogP contribution in [0, 0.1) is 5.92 Å². The lowest BCUT2D eigenvalue weighted by molar-refractivity contribution is 0.0696. The van der Waals surface area contributed by atoms with Gasteiger partial charge >= 0.3 is 16.2 Å². The number of carbonyl (C=O) groups excluding carboxylic acids is 1. The molecule has 2 bridgehead atoms. The second kappa shape index (κ2) is 6.30. The predicted octanol–water partition coefficient (Wildman–Crippen LogP) is 0.910. The van der Waals surface area contributed by atoms with Crippen LogP contribution < -0.4 is 9.62 Å². The monoisotopic (exact) mass is 367 g/mol. The van der Waals surface area contributed by atoms with Crippen molar-refractivity contribution >= 4 is 27.8 Å². The van der Waals surface area contributed by atoms with Crippen LogP contribution >= 0.6 is 0 Å². The molecule has 25 heavy (non-hydrogen) atoms. The molecule has 3 rings (SSSR count). The van der Waals surface area contributed by atoms with E-state index < -0.39 is 22.1 Å². The summed E-state index contributed by atoms with van der Waals surface area (Å²) in [5, 5.41) is 9.25. The molecule has 1 heterocycles. The van der Waals surface area contributed by atoms with Crippen LogP contribution in [0.2, 0.25) is 0 Å². The second-order valence-electron chi connectivity index (χ2n) is 6.74. The van der Waals surface area contributed by atoms with Crippen molar-refractivity contribution in [3.63, 3.8) is 0 Å². The van der Waals surface area contributed by atoms with E-state index in [1.165, 1.54) is 32.3 Å². The number of carboxylic acids is 1. The second-order valence-corrected chi connectivity index (χ2v) is 8.63. The van der Waals surface area contributed by atoms with Gasteiger partial charge < -0.3 is 10.0 Å². The first-order chi connectivity index (χ1) is 11.7. The first-order valence-corrected chi connectivity index (χ1v) is 9.51. The molecule has 1 amide bonds. The molecular weight excluding hydrogens is 346 g/mol. The van der Waals surface area contributed by atoms with E-state index in [1.54, 1.807) is 0 Å². The largest absolute Gasteiger partial charge is 0.478 e. The van der Waals surface area contributed by atoms with Crippen LogP contribution in [0.5, 0.6) is 0 Å². The van der Waals surface area contributed by atoms with Gasteiger partial charge in [0.05, 0.1) is 16.8 Å². The number of piperidine rings is 1. The van der Waals surface area contributed by atoms with Crippen molar-refractivity contribution in [2.75, 3.05) is 25.5 Å². The summed E-state index contributed by atoms with van der Waals surface area (Å²) < 4.78 is 26.8. The maximum absolute atomic E-state index is 12.5. The van der Waals surface area contributed by atoms with Crippen molar-refractivity contribution in [3.8, 4) is 0 Å². The highest BCUT2D eigenvalue weighted by molar-refractivity contribution is 7.87. The van der Waals surface area contributed by atoms with Crippen LogP contribution in [-0.2, 0) is 10.2 Å². The SMILES string of the molecule is CN(C)S(=O)(=O)NC(=O)c1ccc(C(=O)O)cc1N1CC2CCC1C2. The third-order valence-electron chi connectivity index (χ3n) is 4.91. The average Bonchev–Trinajstić information content (AvgIpc) is 3.16. The number of amides is 1. The van der Waals surface area contributed by atoms with Gasteiger partial charge in [0.2, 0.25) is 0 Å². The van der Waals surface area contributed by atoms with Crippen LogP contribution in [0.1, 0.15) is 40.0 Å². The van der Waals surface area contributed by atoms with Gasteiger partial charge in [0.15, 0.2) is 0 Å². The van der Waals surface area contributed by atoms with Crippen LogP contribution in [0.3, 0.4) is 0 Å². The predicted molar refractivity (Wildman–Crippen MR) is 91.9 cm³/mol.